The number of esters is 1. The van der Waals surface area contributed by atoms with E-state index in [1.54, 1.807) is 6.08 Å². The minimum absolute atomic E-state index is 0.273. The summed E-state index contributed by atoms with van der Waals surface area (Å²) in [7, 11) is 0. The van der Waals surface area contributed by atoms with Crippen molar-refractivity contribution in [1.82, 2.24) is 0 Å². The van der Waals surface area contributed by atoms with Gasteiger partial charge in [-0.15, -0.1) is 0 Å². The monoisotopic (exact) mass is 381 g/mol. The highest BCUT2D eigenvalue weighted by molar-refractivity contribution is 9.10. The van der Waals surface area contributed by atoms with Gasteiger partial charge in [-0.25, -0.2) is 9.79 Å². The lowest BCUT2D eigenvalue weighted by molar-refractivity contribution is -0.130. The lowest BCUT2D eigenvalue weighted by Crippen LogP contribution is -2.08. The van der Waals surface area contributed by atoms with Crippen LogP contribution in [0.1, 0.15) is 11.1 Å². The molecule has 2 aliphatic rings. The van der Waals surface area contributed by atoms with E-state index in [1.165, 1.54) is 0 Å². The average Bonchev–Trinajstić information content (AvgIpc) is 2.96. The highest BCUT2D eigenvalue weighted by atomic mass is 79.9. The Morgan fingerprint density at radius 2 is 1.88 bits per heavy atom. The van der Waals surface area contributed by atoms with Gasteiger partial charge in [0, 0.05) is 10.0 Å². The van der Waals surface area contributed by atoms with Gasteiger partial charge in [0.1, 0.15) is 12.4 Å². The van der Waals surface area contributed by atoms with Crippen LogP contribution in [0.4, 0.5) is 0 Å². The van der Waals surface area contributed by atoms with Crippen molar-refractivity contribution in [3.05, 3.63) is 81.5 Å². The van der Waals surface area contributed by atoms with Gasteiger partial charge >= 0.3 is 5.97 Å². The van der Waals surface area contributed by atoms with Gasteiger partial charge in [0.2, 0.25) is 5.90 Å². The Kier molecular flexibility index (Phi) is 3.78. The Morgan fingerprint density at radius 3 is 2.75 bits per heavy atom. The van der Waals surface area contributed by atoms with Crippen LogP contribution in [-0.4, -0.2) is 18.5 Å². The summed E-state index contributed by atoms with van der Waals surface area (Å²) < 4.78 is 11.8. The summed E-state index contributed by atoms with van der Waals surface area (Å²) in [6.07, 6.45) is 3.70. The van der Waals surface area contributed by atoms with Gasteiger partial charge in [0.05, 0.1) is 5.56 Å². The smallest absolute Gasteiger partial charge is 0.363 e. The molecule has 0 aliphatic carbocycles. The Balaban J connectivity index is 1.67. The predicted octanol–water partition coefficient (Wildman–Crippen LogP) is 4.11. The molecule has 2 aromatic carbocycles. The largest absolute Gasteiger partial charge is 0.488 e. The Hall–Kier alpha value is -2.66. The number of hydrogen-bond acceptors (Lipinski definition) is 4. The lowest BCUT2D eigenvalue weighted by Gasteiger charge is -2.15. The number of fused-ring (bicyclic) bond motifs is 1. The molecule has 118 valence electrons. The summed E-state index contributed by atoms with van der Waals surface area (Å²) in [4.78, 5) is 16.4. The molecule has 4 rings (SSSR count). The highest BCUT2D eigenvalue weighted by Gasteiger charge is 2.26. The van der Waals surface area contributed by atoms with Crippen molar-refractivity contribution < 1.29 is 14.3 Å². The molecule has 0 N–H and O–H groups in total. The third kappa shape index (κ3) is 2.78. The number of cyclic esters (lactones) is 1. The molecule has 0 aromatic heterocycles. The summed E-state index contributed by atoms with van der Waals surface area (Å²) in [5.41, 5.74) is 2.87. The number of rotatable bonds is 2. The number of carbonyl (C=O) groups is 1. The SMILES string of the molecule is O=C1OC(c2ccccc2Br)=N/C1=C\C1=Cc2ccccc2OC1. The molecule has 0 saturated carbocycles. The molecular weight excluding hydrogens is 370 g/mol. The topological polar surface area (TPSA) is 47.9 Å². The van der Waals surface area contributed by atoms with Gasteiger partial charge in [-0.1, -0.05) is 30.3 Å². The fraction of sp³-hybridized carbons (Fsp3) is 0.0526. The number of nitrogens with zero attached hydrogens (tertiary/aromatic N) is 1. The Labute approximate surface area is 147 Å². The van der Waals surface area contributed by atoms with E-state index in [2.05, 4.69) is 20.9 Å². The second-order valence-electron chi connectivity index (χ2n) is 5.36. The minimum atomic E-state index is -0.458. The van der Waals surface area contributed by atoms with E-state index < -0.39 is 5.97 Å². The summed E-state index contributed by atoms with van der Waals surface area (Å²) in [5, 5.41) is 0. The zero-order valence-corrected chi connectivity index (χ0v) is 14.1. The first kappa shape index (κ1) is 14.9. The van der Waals surface area contributed by atoms with Crippen LogP contribution in [0.25, 0.3) is 6.08 Å². The van der Waals surface area contributed by atoms with Gasteiger partial charge in [0.15, 0.2) is 5.70 Å². The third-order valence-electron chi connectivity index (χ3n) is 3.70. The molecule has 0 unspecified atom stereocenters. The lowest BCUT2D eigenvalue weighted by atomic mass is 10.1. The number of carbonyl (C=O) groups excluding carboxylic acids is 1. The molecule has 0 fully saturated rings. The molecule has 2 aromatic rings. The van der Waals surface area contributed by atoms with Crippen molar-refractivity contribution >= 4 is 33.9 Å². The standard InChI is InChI=1S/C19H12BrNO3/c20-15-7-3-2-6-14(15)18-21-16(19(22)24-18)10-12-9-13-5-1-4-8-17(13)23-11-12/h1-10H,11H2/b16-10-. The zero-order valence-electron chi connectivity index (χ0n) is 12.5. The Bertz CT molecular complexity index is 928. The summed E-state index contributed by atoms with van der Waals surface area (Å²) in [5.74, 6) is 0.683. The predicted molar refractivity (Wildman–Crippen MR) is 94.8 cm³/mol. The number of para-hydroxylation sites is 1. The molecule has 0 radical (unpaired) electrons. The van der Waals surface area contributed by atoms with Gasteiger partial charge in [-0.3, -0.25) is 0 Å². The van der Waals surface area contributed by atoms with Crippen LogP contribution in [0, 0.1) is 0 Å². The number of aliphatic imine (C=N–C) groups is 1. The number of hydrogen-bond donors (Lipinski definition) is 0. The first-order chi connectivity index (χ1) is 11.7. The quantitative estimate of drug-likeness (QED) is 0.580. The van der Waals surface area contributed by atoms with E-state index in [0.717, 1.165) is 26.9 Å². The fourth-order valence-corrected chi connectivity index (χ4v) is 3.01. The number of benzene rings is 2. The number of ether oxygens (including phenoxy) is 2. The van der Waals surface area contributed by atoms with Crippen LogP contribution in [0.15, 0.2) is 75.3 Å². The fourth-order valence-electron chi connectivity index (χ4n) is 2.55. The van der Waals surface area contributed by atoms with E-state index in [-0.39, 0.29) is 5.70 Å². The molecule has 2 heterocycles. The highest BCUT2D eigenvalue weighted by Crippen LogP contribution is 2.28. The molecule has 4 nitrogen and oxygen atoms in total. The van der Waals surface area contributed by atoms with Crippen molar-refractivity contribution in [1.29, 1.82) is 0 Å². The maximum atomic E-state index is 12.1. The molecule has 0 saturated heterocycles. The molecule has 24 heavy (non-hydrogen) atoms. The van der Waals surface area contributed by atoms with Gasteiger partial charge in [0.25, 0.3) is 0 Å². The van der Waals surface area contributed by atoms with Crippen LogP contribution in [-0.2, 0) is 9.53 Å². The van der Waals surface area contributed by atoms with Crippen LogP contribution in [0.3, 0.4) is 0 Å². The molecule has 0 amide bonds. The third-order valence-corrected chi connectivity index (χ3v) is 4.39. The van der Waals surface area contributed by atoms with E-state index in [4.69, 9.17) is 9.47 Å². The first-order valence-corrected chi connectivity index (χ1v) is 8.20. The van der Waals surface area contributed by atoms with E-state index >= 15 is 0 Å². The number of halogens is 1. The summed E-state index contributed by atoms with van der Waals surface area (Å²) in [6.45, 7) is 0.397. The van der Waals surface area contributed by atoms with Crippen LogP contribution >= 0.6 is 15.9 Å². The van der Waals surface area contributed by atoms with Crippen molar-refractivity contribution in [2.75, 3.05) is 6.61 Å². The first-order valence-electron chi connectivity index (χ1n) is 7.40. The average molecular weight is 382 g/mol. The zero-order chi connectivity index (χ0) is 16.5. The maximum absolute atomic E-state index is 12.1. The Morgan fingerprint density at radius 1 is 1.08 bits per heavy atom. The van der Waals surface area contributed by atoms with Gasteiger partial charge < -0.3 is 9.47 Å². The van der Waals surface area contributed by atoms with Crippen molar-refractivity contribution in [3.8, 4) is 5.75 Å². The molecule has 2 aliphatic heterocycles. The summed E-state index contributed by atoms with van der Waals surface area (Å²) >= 11 is 3.44. The summed E-state index contributed by atoms with van der Waals surface area (Å²) in [6, 6.07) is 15.2. The van der Waals surface area contributed by atoms with Crippen molar-refractivity contribution in [2.24, 2.45) is 4.99 Å². The van der Waals surface area contributed by atoms with E-state index in [0.29, 0.717) is 12.5 Å². The van der Waals surface area contributed by atoms with E-state index in [9.17, 15) is 4.79 Å². The second kappa shape index (κ2) is 6.09. The van der Waals surface area contributed by atoms with Crippen LogP contribution in [0.2, 0.25) is 0 Å². The molecule has 0 bridgehead atoms. The normalized spacial score (nSPS) is 17.7. The maximum Gasteiger partial charge on any atom is 0.363 e. The van der Waals surface area contributed by atoms with Crippen LogP contribution in [0.5, 0.6) is 5.75 Å². The minimum Gasteiger partial charge on any atom is -0.488 e. The molecular formula is C19H12BrNO3. The van der Waals surface area contributed by atoms with Crippen LogP contribution < -0.4 is 4.74 Å². The second-order valence-corrected chi connectivity index (χ2v) is 6.22. The van der Waals surface area contributed by atoms with Crippen molar-refractivity contribution in [3.63, 3.8) is 0 Å². The van der Waals surface area contributed by atoms with Gasteiger partial charge in [-0.2, -0.15) is 0 Å². The van der Waals surface area contributed by atoms with Gasteiger partial charge in [-0.05, 0) is 51.9 Å². The molecule has 0 spiro atoms. The van der Waals surface area contributed by atoms with Crippen molar-refractivity contribution in [2.45, 2.75) is 0 Å². The van der Waals surface area contributed by atoms with E-state index in [1.807, 2.05) is 54.6 Å². The molecule has 5 heteroatoms. The molecule has 0 atom stereocenters.